The molecule has 3 N–H and O–H groups in total. The molecule has 2 aromatic carbocycles. The summed E-state index contributed by atoms with van der Waals surface area (Å²) in [5, 5.41) is 13.9. The first kappa shape index (κ1) is 23.6. The first-order chi connectivity index (χ1) is 16.5. The molecule has 0 spiro atoms. The van der Waals surface area contributed by atoms with Crippen molar-refractivity contribution in [1.82, 2.24) is 25.1 Å². The highest BCUT2D eigenvalue weighted by Gasteiger charge is 2.26. The zero-order valence-electron chi connectivity index (χ0n) is 19.3. The Kier molecular flexibility index (Phi) is 6.74. The number of hydrogen-bond acceptors (Lipinski definition) is 5. The number of benzene rings is 2. The maximum atomic E-state index is 15.9. The molecule has 10 heteroatoms. The van der Waals surface area contributed by atoms with Crippen molar-refractivity contribution in [2.24, 2.45) is 0 Å². The number of aromatic nitrogens is 4. The van der Waals surface area contributed by atoms with E-state index in [1.54, 1.807) is 17.2 Å². The van der Waals surface area contributed by atoms with Crippen LogP contribution >= 0.6 is 11.6 Å². The van der Waals surface area contributed by atoms with Crippen molar-refractivity contribution in [3.05, 3.63) is 47.1 Å². The largest absolute Gasteiger partial charge is 0.352 e. The number of piperazine rings is 1. The molecule has 34 heavy (non-hydrogen) atoms. The van der Waals surface area contributed by atoms with E-state index in [9.17, 15) is 4.79 Å². The quantitative estimate of drug-likeness (QED) is 0.437. The maximum absolute atomic E-state index is 15.9. The van der Waals surface area contributed by atoms with Gasteiger partial charge in [0.2, 0.25) is 6.21 Å². The number of amides is 1. The number of anilines is 1. The Labute approximate surface area is 201 Å². The lowest BCUT2D eigenvalue weighted by Crippen LogP contribution is -2.52. The predicted octanol–water partition coefficient (Wildman–Crippen LogP) is 2.78. The molecule has 0 radical (unpaired) electrons. The van der Waals surface area contributed by atoms with Crippen molar-refractivity contribution in [3.8, 4) is 11.1 Å². The summed E-state index contributed by atoms with van der Waals surface area (Å²) in [7, 11) is 0. The van der Waals surface area contributed by atoms with E-state index in [-0.39, 0.29) is 16.4 Å². The molecular weight excluding hydrogens is 457 g/mol. The number of nitrogens with two attached hydrogens (primary N) is 1. The summed E-state index contributed by atoms with van der Waals surface area (Å²) in [6.45, 7) is 7.98. The molecule has 176 valence electrons. The maximum Gasteiger partial charge on any atom is 0.310 e. The second-order valence-corrected chi connectivity index (χ2v) is 8.12. The predicted molar refractivity (Wildman–Crippen MR) is 132 cm³/mol. The number of H-pyrrole nitrogens is 1. The SMILES string of the molecule is CC.Cc1ccc2[nH]ncc2c1-c1c(Cl)cc2c(N3CCN(C(=O)C=[NH2+])CC3)ncnc2c1F. The van der Waals surface area contributed by atoms with Crippen LogP contribution in [0, 0.1) is 12.7 Å². The Morgan fingerprint density at radius 3 is 2.59 bits per heavy atom. The minimum atomic E-state index is -0.500. The first-order valence-corrected chi connectivity index (χ1v) is 11.5. The first-order valence-electron chi connectivity index (χ1n) is 11.1. The number of aromatic amines is 1. The molecule has 0 atom stereocenters. The van der Waals surface area contributed by atoms with Crippen molar-refractivity contribution in [3.63, 3.8) is 0 Å². The number of aryl methyl sites for hydroxylation is 1. The van der Waals surface area contributed by atoms with Gasteiger partial charge < -0.3 is 9.80 Å². The van der Waals surface area contributed by atoms with Crippen LogP contribution in [0.5, 0.6) is 0 Å². The van der Waals surface area contributed by atoms with Gasteiger partial charge in [0.25, 0.3) is 0 Å². The second kappa shape index (κ2) is 9.72. The summed E-state index contributed by atoms with van der Waals surface area (Å²) in [4.78, 5) is 24.1. The fourth-order valence-electron chi connectivity index (χ4n) is 4.30. The van der Waals surface area contributed by atoms with Crippen LogP contribution in [-0.2, 0) is 4.79 Å². The lowest BCUT2D eigenvalue weighted by atomic mass is 9.95. The number of hydrogen-bond donors (Lipinski definition) is 2. The standard InChI is InChI=1S/C22H19ClFN7O.C2H6/c1-12-2-3-16-14(10-28-29-16)18(12)19-15(23)8-13-21(20(19)24)26-11-27-22(13)31-6-4-30(5-7-31)17(32)9-25;1-2/h2-3,8-11,25H,4-7H2,1H3,(H,28,29);1-2H3/p+1. The summed E-state index contributed by atoms with van der Waals surface area (Å²) in [6, 6.07) is 5.52. The van der Waals surface area contributed by atoms with Gasteiger partial charge >= 0.3 is 5.91 Å². The van der Waals surface area contributed by atoms with E-state index in [0.717, 1.165) is 22.7 Å². The van der Waals surface area contributed by atoms with Crippen molar-refractivity contribution in [2.75, 3.05) is 31.1 Å². The number of fused-ring (bicyclic) bond motifs is 2. The summed E-state index contributed by atoms with van der Waals surface area (Å²) in [5.74, 6) is -0.122. The fourth-order valence-corrected chi connectivity index (χ4v) is 4.59. The van der Waals surface area contributed by atoms with E-state index in [2.05, 4.69) is 20.2 Å². The normalized spacial score (nSPS) is 13.7. The number of nitrogens with zero attached hydrogens (tertiary/aromatic N) is 5. The van der Waals surface area contributed by atoms with E-state index in [1.165, 1.54) is 6.33 Å². The van der Waals surface area contributed by atoms with Crippen molar-refractivity contribution < 1.29 is 14.6 Å². The Balaban J connectivity index is 0.00000133. The molecule has 8 nitrogen and oxygen atoms in total. The Bertz CT molecular complexity index is 1380. The van der Waals surface area contributed by atoms with Crippen molar-refractivity contribution >= 4 is 51.3 Å². The number of nitrogens with one attached hydrogen (secondary N) is 1. The number of carbonyl (C=O) groups excluding carboxylic acids is 1. The van der Waals surface area contributed by atoms with Crippen molar-refractivity contribution in [2.45, 2.75) is 20.8 Å². The molecule has 1 amide bonds. The molecular formula is C24H26ClFN7O+. The van der Waals surface area contributed by atoms with Gasteiger partial charge in [-0.2, -0.15) is 5.10 Å². The van der Waals surface area contributed by atoms with E-state index in [1.807, 2.05) is 37.8 Å². The Morgan fingerprint density at radius 2 is 1.88 bits per heavy atom. The van der Waals surface area contributed by atoms with Gasteiger partial charge in [0.15, 0.2) is 5.82 Å². The third kappa shape index (κ3) is 3.96. The molecule has 0 unspecified atom stereocenters. The highest BCUT2D eigenvalue weighted by atomic mass is 35.5. The fraction of sp³-hybridized carbons (Fsp3) is 0.292. The Hall–Kier alpha value is -3.59. The van der Waals surface area contributed by atoms with E-state index in [4.69, 9.17) is 17.0 Å². The molecule has 1 saturated heterocycles. The van der Waals surface area contributed by atoms with Crippen LogP contribution < -0.4 is 10.3 Å². The summed E-state index contributed by atoms with van der Waals surface area (Å²) in [6.07, 6.45) is 4.09. The van der Waals surface area contributed by atoms with Crippen LogP contribution in [0.15, 0.2) is 30.7 Å². The highest BCUT2D eigenvalue weighted by molar-refractivity contribution is 6.35. The number of rotatable bonds is 3. The van der Waals surface area contributed by atoms with Gasteiger partial charge in [0.1, 0.15) is 17.7 Å². The van der Waals surface area contributed by atoms with Gasteiger partial charge in [-0.05, 0) is 24.6 Å². The van der Waals surface area contributed by atoms with E-state index in [0.29, 0.717) is 48.5 Å². The average molecular weight is 483 g/mol. The molecule has 4 aromatic rings. The lowest BCUT2D eigenvalue weighted by molar-refractivity contribution is -0.139. The van der Waals surface area contributed by atoms with Gasteiger partial charge in [-0.3, -0.25) is 15.3 Å². The molecule has 1 aliphatic rings. The molecule has 0 aliphatic carbocycles. The van der Waals surface area contributed by atoms with Gasteiger partial charge in [-0.15, -0.1) is 0 Å². The monoisotopic (exact) mass is 482 g/mol. The van der Waals surface area contributed by atoms with Crippen LogP contribution in [0.3, 0.4) is 0 Å². The third-order valence-corrected chi connectivity index (χ3v) is 6.21. The van der Waals surface area contributed by atoms with Gasteiger partial charge in [0, 0.05) is 48.1 Å². The summed E-state index contributed by atoms with van der Waals surface area (Å²) < 4.78 is 15.9. The van der Waals surface area contributed by atoms with Gasteiger partial charge in [0.05, 0.1) is 16.7 Å². The van der Waals surface area contributed by atoms with Crippen molar-refractivity contribution in [1.29, 1.82) is 0 Å². The summed E-state index contributed by atoms with van der Waals surface area (Å²) in [5.41, 5.74) is 2.86. The molecule has 1 fully saturated rings. The van der Waals surface area contributed by atoms with Crippen LogP contribution in [0.1, 0.15) is 19.4 Å². The zero-order chi connectivity index (χ0) is 24.4. The third-order valence-electron chi connectivity index (χ3n) is 5.92. The van der Waals surface area contributed by atoms with Crippen LogP contribution in [0.4, 0.5) is 10.2 Å². The molecule has 2 aromatic heterocycles. The topological polar surface area (TPSA) is 104 Å². The summed E-state index contributed by atoms with van der Waals surface area (Å²) >= 11 is 6.66. The Morgan fingerprint density at radius 1 is 1.15 bits per heavy atom. The van der Waals surface area contributed by atoms with Crippen LogP contribution in [0.2, 0.25) is 5.02 Å². The molecule has 0 saturated carbocycles. The number of carbonyl (C=O) groups is 1. The van der Waals surface area contributed by atoms with Gasteiger partial charge in [-0.1, -0.05) is 31.5 Å². The van der Waals surface area contributed by atoms with E-state index < -0.39 is 5.82 Å². The molecule has 3 heterocycles. The minimum absolute atomic E-state index is 0.197. The highest BCUT2D eigenvalue weighted by Crippen LogP contribution is 2.41. The van der Waals surface area contributed by atoms with E-state index >= 15 is 4.39 Å². The second-order valence-electron chi connectivity index (χ2n) is 7.71. The smallest absolute Gasteiger partial charge is 0.310 e. The number of halogens is 2. The minimum Gasteiger partial charge on any atom is -0.352 e. The molecule has 1 aliphatic heterocycles. The lowest BCUT2D eigenvalue weighted by Gasteiger charge is -2.34. The molecule has 0 bridgehead atoms. The molecule has 5 rings (SSSR count). The van der Waals surface area contributed by atoms with Crippen LogP contribution in [-0.4, -0.2) is 63.4 Å². The van der Waals surface area contributed by atoms with Crippen LogP contribution in [0.25, 0.3) is 32.9 Å². The zero-order valence-corrected chi connectivity index (χ0v) is 20.0. The average Bonchev–Trinajstić information content (AvgIpc) is 3.35. The van der Waals surface area contributed by atoms with Gasteiger partial charge in [-0.25, -0.2) is 14.4 Å².